The summed E-state index contributed by atoms with van der Waals surface area (Å²) in [4.78, 5) is 99.8. The van der Waals surface area contributed by atoms with Crippen molar-refractivity contribution < 1.29 is 43.0 Å². The molecule has 0 aliphatic carbocycles. The number of benzene rings is 2. The van der Waals surface area contributed by atoms with Gasteiger partial charge >= 0.3 is 0 Å². The summed E-state index contributed by atoms with van der Waals surface area (Å²) in [5.74, 6) is 5.72. The number of aryl methyl sites for hydroxylation is 1. The third-order valence-electron chi connectivity index (χ3n) is 14.0. The molecule has 2 aromatic carbocycles. The van der Waals surface area contributed by atoms with Crippen LogP contribution in [0.4, 0.5) is 0 Å². The molecule has 17 nitrogen and oxygen atoms in total. The van der Waals surface area contributed by atoms with Crippen LogP contribution in [-0.2, 0) is 28.8 Å². The molecule has 1 aromatic heterocycles. The van der Waals surface area contributed by atoms with Crippen molar-refractivity contribution >= 4 is 57.8 Å². The minimum absolute atomic E-state index is 0.0364. The van der Waals surface area contributed by atoms with Gasteiger partial charge in [-0.25, -0.2) is 0 Å². The number of nitrogens with one attached hydrogen (secondary N) is 5. The Labute approximate surface area is 468 Å². The summed E-state index contributed by atoms with van der Waals surface area (Å²) in [7, 11) is 0. The quantitative estimate of drug-likeness (QED) is 0.0197. The number of amides is 7. The smallest absolute Gasteiger partial charge is 0.252 e. The molecular formula is C62H86N8O9. The van der Waals surface area contributed by atoms with Crippen LogP contribution in [0.1, 0.15) is 153 Å². The lowest BCUT2D eigenvalue weighted by molar-refractivity contribution is -0.132. The molecule has 3 heterocycles. The Bertz CT molecular complexity index is 2720. The van der Waals surface area contributed by atoms with Gasteiger partial charge in [-0.15, -0.1) is 5.92 Å². The highest BCUT2D eigenvalue weighted by atomic mass is 16.5. The predicted molar refractivity (Wildman–Crippen MR) is 309 cm³/mol. The van der Waals surface area contributed by atoms with Gasteiger partial charge in [-0.3, -0.25) is 38.5 Å². The number of allylic oxidation sites excluding steroid dienone is 3. The van der Waals surface area contributed by atoms with Crippen LogP contribution < -0.4 is 36.1 Å². The van der Waals surface area contributed by atoms with Gasteiger partial charge in [-0.2, -0.15) is 0 Å². The van der Waals surface area contributed by atoms with Crippen LogP contribution in [0.5, 0.6) is 11.5 Å². The van der Waals surface area contributed by atoms with E-state index in [2.05, 4.69) is 85.0 Å². The predicted octanol–water partition coefficient (Wildman–Crippen LogP) is 7.74. The van der Waals surface area contributed by atoms with Crippen molar-refractivity contribution in [2.24, 2.45) is 10.8 Å². The first-order chi connectivity index (χ1) is 37.8. The Morgan fingerprint density at radius 3 is 2.19 bits per heavy atom. The van der Waals surface area contributed by atoms with E-state index in [0.29, 0.717) is 111 Å². The van der Waals surface area contributed by atoms with Gasteiger partial charge in [0.05, 0.1) is 43.4 Å². The molecule has 428 valence electrons. The van der Waals surface area contributed by atoms with E-state index in [0.717, 1.165) is 44.1 Å². The molecule has 2 aliphatic rings. The lowest BCUT2D eigenvalue weighted by Gasteiger charge is -2.22. The highest BCUT2D eigenvalue weighted by Gasteiger charge is 2.39. The Hall–Kier alpha value is -7.22. The summed E-state index contributed by atoms with van der Waals surface area (Å²) in [5.41, 5.74) is 2.99. The molecule has 2 saturated heterocycles. The van der Waals surface area contributed by atoms with Crippen molar-refractivity contribution in [1.29, 1.82) is 0 Å². The van der Waals surface area contributed by atoms with E-state index in [1.165, 1.54) is 0 Å². The number of fused-ring (bicyclic) bond motifs is 1. The fraction of sp³-hybridized carbons (Fsp3) is 0.548. The maximum absolute atomic E-state index is 13.9. The van der Waals surface area contributed by atoms with Gasteiger partial charge in [0.1, 0.15) is 17.5 Å². The largest absolute Gasteiger partial charge is 0.494 e. The Morgan fingerprint density at radius 2 is 1.49 bits per heavy atom. The van der Waals surface area contributed by atoms with E-state index >= 15 is 0 Å². The van der Waals surface area contributed by atoms with Crippen molar-refractivity contribution in [1.82, 2.24) is 41.4 Å². The van der Waals surface area contributed by atoms with E-state index in [1.54, 1.807) is 53.3 Å². The van der Waals surface area contributed by atoms with Crippen LogP contribution in [0.2, 0.25) is 0 Å². The van der Waals surface area contributed by atoms with Gasteiger partial charge in [0, 0.05) is 69.1 Å². The van der Waals surface area contributed by atoms with E-state index in [9.17, 15) is 33.6 Å². The average Bonchev–Trinajstić information content (AvgIpc) is 4.04. The molecule has 2 aliphatic heterocycles. The molecule has 5 N–H and O–H groups in total. The topological polar surface area (TPSA) is 217 Å². The minimum Gasteiger partial charge on any atom is -0.494 e. The molecule has 17 heteroatoms. The van der Waals surface area contributed by atoms with Crippen LogP contribution in [-0.4, -0.2) is 127 Å². The second-order valence-electron chi connectivity index (χ2n) is 22.1. The molecule has 3 aromatic rings. The van der Waals surface area contributed by atoms with Gasteiger partial charge in [-0.05, 0) is 129 Å². The first-order valence-electron chi connectivity index (χ1n) is 28.4. The number of ether oxygens (including phenoxy) is 2. The van der Waals surface area contributed by atoms with Crippen molar-refractivity contribution in [3.63, 3.8) is 0 Å². The molecule has 5 rings (SSSR count). The monoisotopic (exact) mass is 1090 g/mol. The molecule has 0 bridgehead atoms. The second-order valence-corrected chi connectivity index (χ2v) is 22.1. The first-order valence-corrected chi connectivity index (χ1v) is 28.4. The zero-order valence-electron chi connectivity index (χ0n) is 48.1. The molecule has 0 radical (unpaired) electrons. The fourth-order valence-corrected chi connectivity index (χ4v) is 9.45. The number of nitrogens with zero attached hydrogens (tertiary/aromatic N) is 3. The Balaban J connectivity index is 1.02. The van der Waals surface area contributed by atoms with Crippen LogP contribution in [0.15, 0.2) is 66.9 Å². The van der Waals surface area contributed by atoms with Crippen molar-refractivity contribution in [3.05, 3.63) is 83.6 Å². The number of rotatable bonds is 29. The average molecular weight is 1090 g/mol. The third-order valence-corrected chi connectivity index (χ3v) is 14.0. The number of unbranched alkanes of at least 4 members (excludes halogenated alkanes) is 4. The van der Waals surface area contributed by atoms with Crippen molar-refractivity contribution in [2.45, 2.75) is 151 Å². The van der Waals surface area contributed by atoms with Crippen LogP contribution >= 0.6 is 0 Å². The zero-order valence-corrected chi connectivity index (χ0v) is 48.1. The van der Waals surface area contributed by atoms with Gasteiger partial charge in [-0.1, -0.05) is 79.0 Å². The molecule has 2 fully saturated rings. The number of carbonyl (C=O) groups excluding carboxylic acids is 7. The van der Waals surface area contributed by atoms with Gasteiger partial charge in [0.15, 0.2) is 0 Å². The number of carbonyl (C=O) groups is 7. The summed E-state index contributed by atoms with van der Waals surface area (Å²) in [6.07, 6.45) is 15.3. The summed E-state index contributed by atoms with van der Waals surface area (Å²) in [6.45, 7) is 19.4. The maximum atomic E-state index is 13.9. The molecule has 0 spiro atoms. The maximum Gasteiger partial charge on any atom is 0.252 e. The highest BCUT2D eigenvalue weighted by molar-refractivity contribution is 6.20. The van der Waals surface area contributed by atoms with Gasteiger partial charge in [0.25, 0.3) is 11.8 Å². The van der Waals surface area contributed by atoms with E-state index < -0.39 is 6.04 Å². The third kappa shape index (κ3) is 20.5. The zero-order chi connectivity index (χ0) is 57.4. The molecular weight excluding hydrogens is 1000 g/mol. The molecule has 2 unspecified atom stereocenters. The number of hydrogen-bond acceptors (Lipinski definition) is 10. The lowest BCUT2D eigenvalue weighted by Crippen LogP contribution is -2.47. The molecule has 0 saturated carbocycles. The fourth-order valence-electron chi connectivity index (χ4n) is 9.45. The van der Waals surface area contributed by atoms with Crippen molar-refractivity contribution in [2.75, 3.05) is 59.0 Å². The molecule has 2 atom stereocenters. The standard InChI is InChI=1S/C62H86N8O9/c1-9-12-14-16-22-48(58(75)67-41-57(74)70-43-62(7,8)39-45(70)21-15-13-10-2)50-37-46(24-23-44(50)4)78-36-20-18-32-65-60(77)53(68-54(71)11-3)27-28-55(72)64-31-17-19-35-79-47-25-26-52-51(38-47)49(29-33-63-52)59(76)66-40-56(73)69-34-30-61(5,6)42-69/h14,16,22-26,29,33,37-38,45,53H,9-13,17-20,27-28,30-32,34-36,39-43H2,1-8H3,(H,64,72)(H,65,77)(H,66,76)(H,67,75)(H,68,71)/b16-14+,48-22+. The molecule has 79 heavy (non-hydrogen) atoms. The number of aromatic nitrogens is 1. The lowest BCUT2D eigenvalue weighted by atomic mass is 9.91. The Morgan fingerprint density at radius 1 is 0.785 bits per heavy atom. The van der Waals surface area contributed by atoms with E-state index in [4.69, 9.17) is 9.47 Å². The number of hydrogen-bond donors (Lipinski definition) is 5. The summed E-state index contributed by atoms with van der Waals surface area (Å²) in [6, 6.07) is 11.5. The van der Waals surface area contributed by atoms with Crippen molar-refractivity contribution in [3.8, 4) is 23.3 Å². The van der Waals surface area contributed by atoms with Gasteiger partial charge in [0.2, 0.25) is 29.5 Å². The summed E-state index contributed by atoms with van der Waals surface area (Å²) >= 11 is 0. The van der Waals surface area contributed by atoms with Gasteiger partial charge < -0.3 is 45.9 Å². The summed E-state index contributed by atoms with van der Waals surface area (Å²) in [5, 5.41) is 14.8. The van der Waals surface area contributed by atoms with Crippen LogP contribution in [0.3, 0.4) is 0 Å². The van der Waals surface area contributed by atoms with Crippen LogP contribution in [0.25, 0.3) is 16.5 Å². The second kappa shape index (κ2) is 31.4. The normalized spacial score (nSPS) is 15.9. The SMILES string of the molecule is CCCC#CC1CC(C)(C)CN1C(=O)CNC(=O)/C(=C/C=C/CCC)c1cc(OCCCCNC(=O)C(CCC(=O)NCCCCOc2ccc3nccc(C(=O)NCC(=O)N4CCC(C)(C)C4)c3c2)NC(=O)CC)ccc1C. The Kier molecular flexibility index (Phi) is 24.9. The summed E-state index contributed by atoms with van der Waals surface area (Å²) < 4.78 is 12.1. The van der Waals surface area contributed by atoms with E-state index in [1.807, 2.05) is 37.3 Å². The number of likely N-dealkylation sites (tertiary alicyclic amines) is 2. The minimum atomic E-state index is -0.883. The number of pyridine rings is 1. The first kappa shape index (κ1) is 62.6. The highest BCUT2D eigenvalue weighted by Crippen LogP contribution is 2.34. The van der Waals surface area contributed by atoms with Crippen LogP contribution in [0, 0.1) is 29.6 Å². The molecule has 7 amide bonds. The van der Waals surface area contributed by atoms with E-state index in [-0.39, 0.29) is 90.6 Å².